The van der Waals surface area contributed by atoms with E-state index in [2.05, 4.69) is 17.1 Å². The number of nitrogens with zero attached hydrogens (tertiary/aromatic N) is 2. The van der Waals surface area contributed by atoms with E-state index in [9.17, 15) is 9.59 Å². The van der Waals surface area contributed by atoms with Gasteiger partial charge in [0.2, 0.25) is 0 Å². The van der Waals surface area contributed by atoms with E-state index in [4.69, 9.17) is 5.11 Å². The first kappa shape index (κ1) is 14.8. The highest BCUT2D eigenvalue weighted by molar-refractivity contribution is 5.95. The fourth-order valence-electron chi connectivity index (χ4n) is 3.52. The maximum Gasteiger partial charge on any atom is 0.354 e. The maximum absolute atomic E-state index is 12.6. The standard InChI is InChI=1S/C17H20N2O3/c20-15(13-5-6-14(16(21)22)18-11-13)19-10-4-9-17(12-19)7-2-1-3-8-17/h1-2,5-6,11H,3-4,7-10,12H2,(H,21,22)/t17-/m1/s1. The molecule has 3 rings (SSSR count). The first-order chi connectivity index (χ1) is 10.6. The Kier molecular flexibility index (Phi) is 3.96. The molecule has 5 heteroatoms. The van der Waals surface area contributed by atoms with Crippen LogP contribution >= 0.6 is 0 Å². The highest BCUT2D eigenvalue weighted by Crippen LogP contribution is 2.41. The summed E-state index contributed by atoms with van der Waals surface area (Å²) >= 11 is 0. The van der Waals surface area contributed by atoms with Gasteiger partial charge in [-0.2, -0.15) is 0 Å². The molecule has 1 aromatic rings. The molecule has 1 aromatic heterocycles. The van der Waals surface area contributed by atoms with E-state index >= 15 is 0 Å². The molecular weight excluding hydrogens is 280 g/mol. The van der Waals surface area contributed by atoms with Gasteiger partial charge < -0.3 is 10.0 Å². The van der Waals surface area contributed by atoms with Gasteiger partial charge in [-0.05, 0) is 49.7 Å². The van der Waals surface area contributed by atoms with Crippen LogP contribution in [0.25, 0.3) is 0 Å². The number of piperidine rings is 1. The van der Waals surface area contributed by atoms with Crippen LogP contribution in [0.3, 0.4) is 0 Å². The van der Waals surface area contributed by atoms with Crippen LogP contribution in [0.15, 0.2) is 30.5 Å². The molecule has 0 bridgehead atoms. The minimum atomic E-state index is -1.08. The fourth-order valence-corrected chi connectivity index (χ4v) is 3.52. The summed E-state index contributed by atoms with van der Waals surface area (Å²) in [6.07, 6.45) is 11.3. The molecule has 5 nitrogen and oxygen atoms in total. The predicted molar refractivity (Wildman–Crippen MR) is 81.8 cm³/mol. The zero-order chi connectivity index (χ0) is 15.6. The third-order valence-corrected chi connectivity index (χ3v) is 4.74. The number of carboxylic acids is 1. The van der Waals surface area contributed by atoms with Crippen molar-refractivity contribution in [2.45, 2.75) is 32.1 Å². The predicted octanol–water partition coefficient (Wildman–Crippen LogP) is 2.74. The molecular formula is C17H20N2O3. The number of aromatic nitrogens is 1. The van der Waals surface area contributed by atoms with Crippen molar-refractivity contribution in [3.05, 3.63) is 41.7 Å². The summed E-state index contributed by atoms with van der Waals surface area (Å²) in [5.74, 6) is -1.12. The first-order valence-electron chi connectivity index (χ1n) is 7.73. The van der Waals surface area contributed by atoms with Crippen molar-refractivity contribution >= 4 is 11.9 Å². The Bertz CT molecular complexity index is 609. The topological polar surface area (TPSA) is 70.5 Å². The van der Waals surface area contributed by atoms with Gasteiger partial charge >= 0.3 is 5.97 Å². The van der Waals surface area contributed by atoms with Gasteiger partial charge in [0.25, 0.3) is 5.91 Å². The summed E-state index contributed by atoms with van der Waals surface area (Å²) in [6, 6.07) is 2.94. The first-order valence-corrected chi connectivity index (χ1v) is 7.73. The van der Waals surface area contributed by atoms with Crippen LogP contribution in [0.1, 0.15) is 53.0 Å². The van der Waals surface area contributed by atoms with Crippen LogP contribution in [0.5, 0.6) is 0 Å². The van der Waals surface area contributed by atoms with E-state index in [1.807, 2.05) is 4.90 Å². The highest BCUT2D eigenvalue weighted by Gasteiger charge is 2.36. The SMILES string of the molecule is O=C(O)c1ccc(C(=O)N2CCC[C@]3(CC=CCC3)C2)cn1. The Morgan fingerprint density at radius 2 is 2.09 bits per heavy atom. The van der Waals surface area contributed by atoms with Crippen molar-refractivity contribution in [3.63, 3.8) is 0 Å². The van der Waals surface area contributed by atoms with Gasteiger partial charge in [0, 0.05) is 19.3 Å². The van der Waals surface area contributed by atoms with Crippen LogP contribution < -0.4 is 0 Å². The molecule has 116 valence electrons. The van der Waals surface area contributed by atoms with Crippen molar-refractivity contribution in [2.24, 2.45) is 5.41 Å². The fraction of sp³-hybridized carbons (Fsp3) is 0.471. The zero-order valence-electron chi connectivity index (χ0n) is 12.5. The van der Waals surface area contributed by atoms with E-state index in [1.165, 1.54) is 18.7 Å². The van der Waals surface area contributed by atoms with Crippen molar-refractivity contribution < 1.29 is 14.7 Å². The molecule has 1 saturated heterocycles. The average Bonchev–Trinajstić information content (AvgIpc) is 2.55. The minimum Gasteiger partial charge on any atom is -0.477 e. The van der Waals surface area contributed by atoms with Crippen LogP contribution in [0, 0.1) is 5.41 Å². The monoisotopic (exact) mass is 300 g/mol. The molecule has 0 aromatic carbocycles. The number of amides is 1. The molecule has 2 aliphatic rings. The lowest BCUT2D eigenvalue weighted by Gasteiger charge is -2.44. The number of carbonyl (C=O) groups is 2. The maximum atomic E-state index is 12.6. The number of allylic oxidation sites excluding steroid dienone is 2. The number of pyridine rings is 1. The number of likely N-dealkylation sites (tertiary alicyclic amines) is 1. The number of carbonyl (C=O) groups excluding carboxylic acids is 1. The van der Waals surface area contributed by atoms with Gasteiger partial charge in [-0.3, -0.25) is 4.79 Å². The lowest BCUT2D eigenvalue weighted by atomic mass is 9.71. The van der Waals surface area contributed by atoms with E-state index in [-0.39, 0.29) is 17.0 Å². The summed E-state index contributed by atoms with van der Waals surface area (Å²) in [7, 11) is 0. The molecule has 1 atom stereocenters. The van der Waals surface area contributed by atoms with Crippen LogP contribution in [-0.2, 0) is 0 Å². The lowest BCUT2D eigenvalue weighted by Crippen LogP contribution is -2.46. The van der Waals surface area contributed by atoms with E-state index in [0.717, 1.165) is 38.8 Å². The molecule has 0 saturated carbocycles. The molecule has 1 N–H and O–H groups in total. The smallest absolute Gasteiger partial charge is 0.354 e. The average molecular weight is 300 g/mol. The lowest BCUT2D eigenvalue weighted by molar-refractivity contribution is 0.0483. The third kappa shape index (κ3) is 2.89. The second-order valence-electron chi connectivity index (χ2n) is 6.28. The van der Waals surface area contributed by atoms with E-state index < -0.39 is 5.97 Å². The van der Waals surface area contributed by atoms with Crippen LogP contribution in [0.2, 0.25) is 0 Å². The van der Waals surface area contributed by atoms with Gasteiger partial charge in [-0.15, -0.1) is 0 Å². The summed E-state index contributed by atoms with van der Waals surface area (Å²) in [5, 5.41) is 8.86. The van der Waals surface area contributed by atoms with Crippen LogP contribution in [0.4, 0.5) is 0 Å². The molecule has 0 radical (unpaired) electrons. The molecule has 1 fully saturated rings. The van der Waals surface area contributed by atoms with Crippen molar-refractivity contribution in [1.29, 1.82) is 0 Å². The number of carboxylic acid groups (broad SMARTS) is 1. The number of rotatable bonds is 2. The van der Waals surface area contributed by atoms with Crippen molar-refractivity contribution in [2.75, 3.05) is 13.1 Å². The van der Waals surface area contributed by atoms with E-state index in [0.29, 0.717) is 5.56 Å². The van der Waals surface area contributed by atoms with Crippen molar-refractivity contribution in [1.82, 2.24) is 9.88 Å². The second kappa shape index (κ2) is 5.91. The molecule has 0 unspecified atom stereocenters. The number of hydrogen-bond donors (Lipinski definition) is 1. The Balaban J connectivity index is 1.74. The molecule has 1 aliphatic heterocycles. The van der Waals surface area contributed by atoms with Gasteiger partial charge in [0.05, 0.1) is 5.56 Å². The summed E-state index contributed by atoms with van der Waals surface area (Å²) in [4.78, 5) is 29.2. The van der Waals surface area contributed by atoms with Gasteiger partial charge in [0.15, 0.2) is 0 Å². The Hall–Kier alpha value is -2.17. The second-order valence-corrected chi connectivity index (χ2v) is 6.28. The highest BCUT2D eigenvalue weighted by atomic mass is 16.4. The quantitative estimate of drug-likeness (QED) is 0.853. The Morgan fingerprint density at radius 1 is 1.23 bits per heavy atom. The molecule has 2 heterocycles. The third-order valence-electron chi connectivity index (χ3n) is 4.74. The van der Waals surface area contributed by atoms with Gasteiger partial charge in [0.1, 0.15) is 5.69 Å². The zero-order valence-corrected chi connectivity index (χ0v) is 12.5. The van der Waals surface area contributed by atoms with Gasteiger partial charge in [-0.1, -0.05) is 12.2 Å². The normalized spacial score (nSPS) is 24.5. The molecule has 1 aliphatic carbocycles. The largest absolute Gasteiger partial charge is 0.477 e. The number of aromatic carboxylic acids is 1. The molecule has 1 amide bonds. The van der Waals surface area contributed by atoms with Crippen LogP contribution in [-0.4, -0.2) is 40.0 Å². The summed E-state index contributed by atoms with van der Waals surface area (Å²) < 4.78 is 0. The summed E-state index contributed by atoms with van der Waals surface area (Å²) in [5.41, 5.74) is 0.661. The molecule has 1 spiro atoms. The Morgan fingerprint density at radius 3 is 2.73 bits per heavy atom. The van der Waals surface area contributed by atoms with E-state index in [1.54, 1.807) is 6.07 Å². The van der Waals surface area contributed by atoms with Crippen molar-refractivity contribution in [3.8, 4) is 0 Å². The number of hydrogen-bond acceptors (Lipinski definition) is 3. The van der Waals surface area contributed by atoms with Gasteiger partial charge in [-0.25, -0.2) is 9.78 Å². The molecule has 22 heavy (non-hydrogen) atoms. The minimum absolute atomic E-state index is 0.0379. The Labute approximate surface area is 129 Å². The summed E-state index contributed by atoms with van der Waals surface area (Å²) in [6.45, 7) is 1.56.